The van der Waals surface area contributed by atoms with Gasteiger partial charge in [-0.05, 0) is 45.4 Å². The van der Waals surface area contributed by atoms with Crippen LogP contribution < -0.4 is 0 Å². The Balaban J connectivity index is 1.76. The number of ether oxygens (including phenoxy) is 2. The number of nitriles is 1. The average molecular weight is 253 g/mol. The third-order valence-electron chi connectivity index (χ3n) is 4.41. The first-order chi connectivity index (χ1) is 8.68. The maximum Gasteiger partial charge on any atom is 0.157 e. The van der Waals surface area contributed by atoms with Crippen molar-refractivity contribution in [2.24, 2.45) is 11.3 Å². The van der Waals surface area contributed by atoms with E-state index in [9.17, 15) is 10.4 Å². The van der Waals surface area contributed by atoms with Gasteiger partial charge in [0.05, 0.1) is 24.2 Å². The first-order valence-corrected chi connectivity index (χ1v) is 7.00. The molecule has 2 fully saturated rings. The quantitative estimate of drug-likeness (QED) is 0.816. The molecule has 1 N–H and O–H groups in total. The Morgan fingerprint density at radius 2 is 2.33 bits per heavy atom. The van der Waals surface area contributed by atoms with Crippen LogP contribution in [0, 0.1) is 22.7 Å². The highest BCUT2D eigenvalue weighted by Crippen LogP contribution is 2.50. The summed E-state index contributed by atoms with van der Waals surface area (Å²) in [6, 6.07) is 2.40. The maximum atomic E-state index is 9.67. The molecule has 0 spiro atoms. The highest BCUT2D eigenvalue weighted by Gasteiger charge is 2.49. The number of hydrogen-bond acceptors (Lipinski definition) is 4. The van der Waals surface area contributed by atoms with Gasteiger partial charge in [-0.15, -0.1) is 0 Å². The van der Waals surface area contributed by atoms with Crippen molar-refractivity contribution in [2.75, 3.05) is 13.2 Å². The van der Waals surface area contributed by atoms with Crippen molar-refractivity contribution < 1.29 is 14.6 Å². The Morgan fingerprint density at radius 1 is 1.50 bits per heavy atom. The monoisotopic (exact) mass is 253 g/mol. The minimum absolute atomic E-state index is 0.0837. The molecule has 1 saturated carbocycles. The fourth-order valence-electron chi connectivity index (χ4n) is 3.08. The molecule has 102 valence electrons. The summed E-state index contributed by atoms with van der Waals surface area (Å²) in [7, 11) is 0. The van der Waals surface area contributed by atoms with Crippen LogP contribution in [-0.4, -0.2) is 30.7 Å². The number of aliphatic hydroxyl groups is 1. The van der Waals surface area contributed by atoms with Crippen molar-refractivity contribution >= 4 is 0 Å². The molecule has 1 heterocycles. The minimum Gasteiger partial charge on any atom is -0.393 e. The molecule has 1 aliphatic heterocycles. The van der Waals surface area contributed by atoms with E-state index in [0.717, 1.165) is 38.7 Å². The first kappa shape index (κ1) is 13.8. The molecule has 2 aliphatic rings. The molecule has 2 unspecified atom stereocenters. The smallest absolute Gasteiger partial charge is 0.157 e. The Bertz CT molecular complexity index is 307. The van der Waals surface area contributed by atoms with Gasteiger partial charge in [0.15, 0.2) is 6.29 Å². The largest absolute Gasteiger partial charge is 0.393 e. The lowest BCUT2D eigenvalue weighted by Crippen LogP contribution is -2.45. The number of hydrogen-bond donors (Lipinski definition) is 1. The summed E-state index contributed by atoms with van der Waals surface area (Å²) in [5.74, 6) is 0.110. The van der Waals surface area contributed by atoms with E-state index in [0.29, 0.717) is 13.0 Å². The van der Waals surface area contributed by atoms with Gasteiger partial charge in [0.2, 0.25) is 0 Å². The van der Waals surface area contributed by atoms with E-state index in [-0.39, 0.29) is 17.6 Å². The molecule has 0 aromatic heterocycles. The minimum atomic E-state index is -0.399. The molecule has 0 aromatic rings. The SMILES string of the molecule is CC(O)[C@@H]1CC[C@]1(C#N)CCOC1CCCCO1. The van der Waals surface area contributed by atoms with Crippen LogP contribution in [0.4, 0.5) is 0 Å². The van der Waals surface area contributed by atoms with Gasteiger partial charge in [0.25, 0.3) is 0 Å². The topological polar surface area (TPSA) is 62.5 Å². The Kier molecular flexibility index (Phi) is 4.60. The lowest BCUT2D eigenvalue weighted by Gasteiger charge is -2.46. The number of nitrogens with zero attached hydrogens (tertiary/aromatic N) is 1. The van der Waals surface area contributed by atoms with E-state index in [2.05, 4.69) is 6.07 Å². The molecular weight excluding hydrogens is 230 g/mol. The average Bonchev–Trinajstić information content (AvgIpc) is 2.34. The van der Waals surface area contributed by atoms with Crippen LogP contribution in [0.1, 0.15) is 45.4 Å². The summed E-state index contributed by atoms with van der Waals surface area (Å²) in [4.78, 5) is 0. The highest BCUT2D eigenvalue weighted by molar-refractivity contribution is 5.10. The molecule has 18 heavy (non-hydrogen) atoms. The second-order valence-electron chi connectivity index (χ2n) is 5.57. The van der Waals surface area contributed by atoms with Crippen molar-refractivity contribution in [1.82, 2.24) is 0 Å². The van der Waals surface area contributed by atoms with Crippen LogP contribution in [0.25, 0.3) is 0 Å². The Labute approximate surface area is 109 Å². The van der Waals surface area contributed by atoms with Gasteiger partial charge >= 0.3 is 0 Å². The van der Waals surface area contributed by atoms with Crippen LogP contribution in [-0.2, 0) is 9.47 Å². The van der Waals surface area contributed by atoms with Gasteiger partial charge in [-0.25, -0.2) is 0 Å². The van der Waals surface area contributed by atoms with E-state index >= 15 is 0 Å². The van der Waals surface area contributed by atoms with Crippen molar-refractivity contribution in [3.8, 4) is 6.07 Å². The Morgan fingerprint density at radius 3 is 2.83 bits per heavy atom. The molecule has 1 saturated heterocycles. The lowest BCUT2D eigenvalue weighted by atomic mass is 9.57. The van der Waals surface area contributed by atoms with Crippen LogP contribution in [0.5, 0.6) is 0 Å². The van der Waals surface area contributed by atoms with Gasteiger partial charge in [0, 0.05) is 12.5 Å². The summed E-state index contributed by atoms with van der Waals surface area (Å²) in [5.41, 5.74) is -0.372. The summed E-state index contributed by atoms with van der Waals surface area (Å²) < 4.78 is 11.2. The van der Waals surface area contributed by atoms with Crippen LogP contribution in [0.2, 0.25) is 0 Å². The van der Waals surface area contributed by atoms with Crippen molar-refractivity contribution in [2.45, 2.75) is 57.8 Å². The molecule has 0 radical (unpaired) electrons. The van der Waals surface area contributed by atoms with Gasteiger partial charge < -0.3 is 14.6 Å². The second-order valence-corrected chi connectivity index (χ2v) is 5.57. The van der Waals surface area contributed by atoms with Gasteiger partial charge in [-0.3, -0.25) is 0 Å². The van der Waals surface area contributed by atoms with Crippen molar-refractivity contribution in [3.63, 3.8) is 0 Å². The zero-order valence-electron chi connectivity index (χ0n) is 11.1. The molecule has 4 nitrogen and oxygen atoms in total. The predicted molar refractivity (Wildman–Crippen MR) is 66.6 cm³/mol. The molecule has 2 rings (SSSR count). The van der Waals surface area contributed by atoms with Crippen molar-refractivity contribution in [3.05, 3.63) is 0 Å². The zero-order valence-corrected chi connectivity index (χ0v) is 11.1. The van der Waals surface area contributed by atoms with Gasteiger partial charge in [0.1, 0.15) is 0 Å². The van der Waals surface area contributed by atoms with Gasteiger partial charge in [-0.1, -0.05) is 0 Å². The fraction of sp³-hybridized carbons (Fsp3) is 0.929. The van der Waals surface area contributed by atoms with E-state index in [1.165, 1.54) is 0 Å². The molecule has 4 atom stereocenters. The zero-order chi connectivity index (χ0) is 13.0. The number of aliphatic hydroxyl groups excluding tert-OH is 1. The summed E-state index contributed by atoms with van der Waals surface area (Å²) in [6.07, 6.45) is 5.29. The van der Waals surface area contributed by atoms with Crippen LogP contribution in [0.15, 0.2) is 0 Å². The lowest BCUT2D eigenvalue weighted by molar-refractivity contribution is -0.169. The number of rotatable bonds is 5. The van der Waals surface area contributed by atoms with Gasteiger partial charge in [-0.2, -0.15) is 5.26 Å². The van der Waals surface area contributed by atoms with Crippen LogP contribution in [0.3, 0.4) is 0 Å². The molecular formula is C14H23NO3. The second kappa shape index (κ2) is 6.01. The molecule has 1 aliphatic carbocycles. The van der Waals surface area contributed by atoms with E-state index in [1.54, 1.807) is 6.92 Å². The fourth-order valence-corrected chi connectivity index (χ4v) is 3.08. The van der Waals surface area contributed by atoms with E-state index < -0.39 is 6.10 Å². The highest BCUT2D eigenvalue weighted by atomic mass is 16.7. The third kappa shape index (κ3) is 2.85. The maximum absolute atomic E-state index is 9.67. The normalized spacial score (nSPS) is 37.6. The van der Waals surface area contributed by atoms with E-state index in [4.69, 9.17) is 9.47 Å². The molecule has 4 heteroatoms. The summed E-state index contributed by atoms with van der Waals surface area (Å²) in [6.45, 7) is 3.12. The molecule has 0 aromatic carbocycles. The predicted octanol–water partition coefficient (Wildman–Crippen LogP) is 2.22. The standard InChI is InChI=1S/C14H23NO3/c1-11(16)12-5-6-14(12,10-15)7-9-18-13-4-2-3-8-17-13/h11-13,16H,2-9H2,1H3/t11?,12-,13?,14+/m0/s1. The first-order valence-electron chi connectivity index (χ1n) is 7.00. The third-order valence-corrected chi connectivity index (χ3v) is 4.41. The summed E-state index contributed by atoms with van der Waals surface area (Å²) in [5, 5.41) is 19.0. The van der Waals surface area contributed by atoms with E-state index in [1.807, 2.05) is 0 Å². The molecule has 0 bridgehead atoms. The van der Waals surface area contributed by atoms with Crippen molar-refractivity contribution in [1.29, 1.82) is 5.26 Å². The van der Waals surface area contributed by atoms with Crippen LogP contribution >= 0.6 is 0 Å². The Hall–Kier alpha value is -0.630. The molecule has 0 amide bonds. The summed E-state index contributed by atoms with van der Waals surface area (Å²) >= 11 is 0.